The lowest BCUT2D eigenvalue weighted by atomic mass is 10.2. The molecular weight excluding hydrogens is 316 g/mol. The highest BCUT2D eigenvalue weighted by atomic mass is 35.5. The first-order valence-corrected chi connectivity index (χ1v) is 7.60. The van der Waals surface area contributed by atoms with Crippen LogP contribution in [0, 0.1) is 0 Å². The molecule has 6 nitrogen and oxygen atoms in total. The number of benzene rings is 1. The molecule has 0 saturated heterocycles. The number of carbonyl (C=O) groups is 1. The number of nitrogens with one attached hydrogen (secondary N) is 2. The molecule has 2 N–H and O–H groups in total. The molecule has 3 rings (SSSR count). The molecule has 0 radical (unpaired) electrons. The molecule has 23 heavy (non-hydrogen) atoms. The zero-order chi connectivity index (χ0) is 16.2. The van der Waals surface area contributed by atoms with Crippen molar-refractivity contribution in [2.45, 2.75) is 13.0 Å². The van der Waals surface area contributed by atoms with Crippen LogP contribution in [0.25, 0.3) is 10.9 Å². The summed E-state index contributed by atoms with van der Waals surface area (Å²) in [6.07, 6.45) is 3.87. The Morgan fingerprint density at radius 1 is 1.35 bits per heavy atom. The summed E-state index contributed by atoms with van der Waals surface area (Å²) in [6.45, 7) is 1.12. The number of aromatic nitrogens is 3. The molecule has 0 bridgehead atoms. The summed E-state index contributed by atoms with van der Waals surface area (Å²) in [5.41, 5.74) is 0.622. The molecule has 0 fully saturated rings. The fraction of sp³-hybridized carbons (Fsp3) is 0.188. The fourth-order valence-electron chi connectivity index (χ4n) is 2.36. The van der Waals surface area contributed by atoms with Gasteiger partial charge in [-0.15, -0.1) is 0 Å². The van der Waals surface area contributed by atoms with E-state index < -0.39 is 11.5 Å². The molecule has 2 heterocycles. The van der Waals surface area contributed by atoms with Crippen molar-refractivity contribution in [2.75, 3.05) is 6.54 Å². The summed E-state index contributed by atoms with van der Waals surface area (Å²) in [7, 11) is 0. The molecule has 2 aromatic heterocycles. The van der Waals surface area contributed by atoms with Gasteiger partial charge >= 0.3 is 0 Å². The van der Waals surface area contributed by atoms with Gasteiger partial charge < -0.3 is 10.3 Å². The molecule has 0 aliphatic heterocycles. The van der Waals surface area contributed by atoms with Gasteiger partial charge in [0.15, 0.2) is 0 Å². The van der Waals surface area contributed by atoms with Gasteiger partial charge in [0.05, 0.1) is 16.7 Å². The van der Waals surface area contributed by atoms with Crippen molar-refractivity contribution in [1.82, 2.24) is 20.1 Å². The molecule has 0 aliphatic rings. The van der Waals surface area contributed by atoms with Crippen LogP contribution < -0.4 is 10.9 Å². The normalized spacial score (nSPS) is 10.8. The summed E-state index contributed by atoms with van der Waals surface area (Å²) < 4.78 is 1.90. The van der Waals surface area contributed by atoms with Gasteiger partial charge in [-0.25, -0.2) is 0 Å². The van der Waals surface area contributed by atoms with Crippen molar-refractivity contribution < 1.29 is 4.79 Å². The number of para-hydroxylation sites is 1. The summed E-state index contributed by atoms with van der Waals surface area (Å²) in [5.74, 6) is -0.431. The van der Waals surface area contributed by atoms with Crippen molar-refractivity contribution in [3.63, 3.8) is 0 Å². The number of nitrogens with zero attached hydrogens (tertiary/aromatic N) is 2. The SMILES string of the molecule is O=C(NCCCn1ncc2ccccc21)c1cc(Cl)c[nH]c1=O. The van der Waals surface area contributed by atoms with Gasteiger partial charge in [0.25, 0.3) is 11.5 Å². The molecule has 0 saturated carbocycles. The van der Waals surface area contributed by atoms with Gasteiger partial charge in [-0.1, -0.05) is 29.8 Å². The van der Waals surface area contributed by atoms with Crippen LogP contribution in [-0.2, 0) is 6.54 Å². The molecule has 7 heteroatoms. The quantitative estimate of drug-likeness (QED) is 0.704. The number of aryl methyl sites for hydroxylation is 1. The monoisotopic (exact) mass is 330 g/mol. The number of amides is 1. The average molecular weight is 331 g/mol. The number of carbonyl (C=O) groups excluding carboxylic acids is 1. The van der Waals surface area contributed by atoms with E-state index in [1.807, 2.05) is 35.1 Å². The van der Waals surface area contributed by atoms with Crippen LogP contribution in [0.5, 0.6) is 0 Å². The number of halogens is 1. The molecule has 1 aromatic carbocycles. The largest absolute Gasteiger partial charge is 0.352 e. The Kier molecular flexibility index (Phi) is 4.43. The van der Waals surface area contributed by atoms with Crippen LogP contribution in [0.1, 0.15) is 16.8 Å². The van der Waals surface area contributed by atoms with E-state index in [2.05, 4.69) is 15.4 Å². The maximum atomic E-state index is 12.0. The predicted octanol–water partition coefficient (Wildman–Crippen LogP) is 2.20. The smallest absolute Gasteiger partial charge is 0.260 e. The van der Waals surface area contributed by atoms with E-state index in [1.165, 1.54) is 12.3 Å². The minimum atomic E-state index is -0.454. The highest BCUT2D eigenvalue weighted by Gasteiger charge is 2.10. The van der Waals surface area contributed by atoms with Gasteiger partial charge in [0.1, 0.15) is 5.56 Å². The Morgan fingerprint density at radius 3 is 3.04 bits per heavy atom. The molecule has 0 spiro atoms. The standard InChI is InChI=1S/C16H15ClN4O2/c17-12-8-13(16(23)19-10-12)15(22)18-6-3-7-21-14-5-2-1-4-11(14)9-20-21/h1-2,4-5,8-10H,3,6-7H2,(H,18,22)(H,19,23). The van der Waals surface area contributed by atoms with Crippen LogP contribution >= 0.6 is 11.6 Å². The van der Waals surface area contributed by atoms with Crippen LogP contribution in [0.4, 0.5) is 0 Å². The minimum absolute atomic E-state index is 0.0158. The molecule has 3 aromatic rings. The van der Waals surface area contributed by atoms with E-state index in [0.29, 0.717) is 24.5 Å². The lowest BCUT2D eigenvalue weighted by molar-refractivity contribution is 0.0951. The Balaban J connectivity index is 1.56. The zero-order valence-corrected chi connectivity index (χ0v) is 13.0. The highest BCUT2D eigenvalue weighted by Crippen LogP contribution is 2.12. The summed E-state index contributed by atoms with van der Waals surface area (Å²) in [4.78, 5) is 26.0. The van der Waals surface area contributed by atoms with E-state index in [1.54, 1.807) is 0 Å². The van der Waals surface area contributed by atoms with Crippen molar-refractivity contribution in [1.29, 1.82) is 0 Å². The first-order valence-electron chi connectivity index (χ1n) is 7.22. The van der Waals surface area contributed by atoms with Gasteiger partial charge in [-0.2, -0.15) is 5.10 Å². The van der Waals surface area contributed by atoms with Crippen LogP contribution in [0.15, 0.2) is 47.5 Å². The molecule has 0 atom stereocenters. The number of aromatic amines is 1. The Hall–Kier alpha value is -2.60. The Labute approximate surface area is 137 Å². The first kappa shape index (κ1) is 15.3. The highest BCUT2D eigenvalue weighted by molar-refractivity contribution is 6.30. The first-order chi connectivity index (χ1) is 11.1. The van der Waals surface area contributed by atoms with Crippen LogP contribution in [-0.4, -0.2) is 27.2 Å². The van der Waals surface area contributed by atoms with Crippen molar-refractivity contribution in [2.24, 2.45) is 0 Å². The number of hydrogen-bond acceptors (Lipinski definition) is 3. The van der Waals surface area contributed by atoms with Crippen LogP contribution in [0.3, 0.4) is 0 Å². The summed E-state index contributed by atoms with van der Waals surface area (Å²) in [5, 5.41) is 8.45. The van der Waals surface area contributed by atoms with E-state index in [9.17, 15) is 9.59 Å². The number of hydrogen-bond donors (Lipinski definition) is 2. The van der Waals surface area contributed by atoms with E-state index >= 15 is 0 Å². The molecule has 118 valence electrons. The van der Waals surface area contributed by atoms with Gasteiger partial charge in [0, 0.05) is 24.7 Å². The van der Waals surface area contributed by atoms with E-state index in [4.69, 9.17) is 11.6 Å². The number of H-pyrrole nitrogens is 1. The van der Waals surface area contributed by atoms with E-state index in [-0.39, 0.29) is 5.56 Å². The van der Waals surface area contributed by atoms with Gasteiger partial charge in [-0.05, 0) is 18.6 Å². The zero-order valence-electron chi connectivity index (χ0n) is 12.3. The van der Waals surface area contributed by atoms with Gasteiger partial charge in [0.2, 0.25) is 0 Å². The maximum absolute atomic E-state index is 12.0. The number of fused-ring (bicyclic) bond motifs is 1. The van der Waals surface area contributed by atoms with E-state index in [0.717, 1.165) is 10.9 Å². The molecular formula is C16H15ClN4O2. The van der Waals surface area contributed by atoms with Crippen molar-refractivity contribution in [3.05, 3.63) is 63.7 Å². The van der Waals surface area contributed by atoms with Crippen LogP contribution in [0.2, 0.25) is 5.02 Å². The topological polar surface area (TPSA) is 79.8 Å². The third kappa shape index (κ3) is 3.43. The lowest BCUT2D eigenvalue weighted by Gasteiger charge is -2.06. The Morgan fingerprint density at radius 2 is 2.17 bits per heavy atom. The number of rotatable bonds is 5. The van der Waals surface area contributed by atoms with Crippen molar-refractivity contribution in [3.8, 4) is 0 Å². The third-order valence-corrected chi connectivity index (χ3v) is 3.71. The minimum Gasteiger partial charge on any atom is -0.352 e. The molecule has 0 aliphatic carbocycles. The second kappa shape index (κ2) is 6.66. The molecule has 1 amide bonds. The number of pyridine rings is 1. The van der Waals surface area contributed by atoms with Gasteiger partial charge in [-0.3, -0.25) is 14.3 Å². The predicted molar refractivity (Wildman–Crippen MR) is 88.8 cm³/mol. The van der Waals surface area contributed by atoms with Crippen molar-refractivity contribution >= 4 is 28.4 Å². The lowest BCUT2D eigenvalue weighted by Crippen LogP contribution is -2.30. The second-order valence-electron chi connectivity index (χ2n) is 5.10. The maximum Gasteiger partial charge on any atom is 0.260 e. The summed E-state index contributed by atoms with van der Waals surface area (Å²) in [6, 6.07) is 9.31. The average Bonchev–Trinajstić information content (AvgIpc) is 2.97. The summed E-state index contributed by atoms with van der Waals surface area (Å²) >= 11 is 5.78. The fourth-order valence-corrected chi connectivity index (χ4v) is 2.52. The third-order valence-electron chi connectivity index (χ3n) is 3.50. The molecule has 0 unspecified atom stereocenters. The second-order valence-corrected chi connectivity index (χ2v) is 5.53. The Bertz CT molecular complexity index is 900.